The van der Waals surface area contributed by atoms with Crippen molar-refractivity contribution in [1.29, 1.82) is 0 Å². The van der Waals surface area contributed by atoms with Gasteiger partial charge in [0.25, 0.3) is 11.8 Å². The van der Waals surface area contributed by atoms with E-state index in [1.807, 2.05) is 0 Å². The normalized spacial score (nSPS) is 10.1. The maximum atomic E-state index is 12.7. The van der Waals surface area contributed by atoms with Gasteiger partial charge in [-0.05, 0) is 48.5 Å². The minimum absolute atomic E-state index is 0.315. The Morgan fingerprint density at radius 3 is 2.14 bits per heavy atom. The standard InChI is InChI=1S/C22H20N2O4/c1-27-17-12-10-15(11-13-17)21(25)24-20-9-4-3-8-19(20)22(26)23-16-6-5-7-18(14-16)28-2/h3-14H,1-2H3,(H,23,26)(H,24,25). The van der Waals surface area contributed by atoms with Gasteiger partial charge in [-0.3, -0.25) is 9.59 Å². The molecule has 0 saturated carbocycles. The van der Waals surface area contributed by atoms with Crippen LogP contribution in [0.4, 0.5) is 11.4 Å². The molecule has 3 aromatic carbocycles. The highest BCUT2D eigenvalue weighted by atomic mass is 16.5. The molecule has 0 fully saturated rings. The number of carbonyl (C=O) groups excluding carboxylic acids is 2. The van der Waals surface area contributed by atoms with E-state index in [-0.39, 0.29) is 11.8 Å². The topological polar surface area (TPSA) is 76.7 Å². The fraction of sp³-hybridized carbons (Fsp3) is 0.0909. The summed E-state index contributed by atoms with van der Waals surface area (Å²) >= 11 is 0. The van der Waals surface area contributed by atoms with Gasteiger partial charge in [0.1, 0.15) is 11.5 Å². The van der Waals surface area contributed by atoms with Crippen molar-refractivity contribution in [2.24, 2.45) is 0 Å². The van der Waals surface area contributed by atoms with Gasteiger partial charge in [0.05, 0.1) is 25.5 Å². The van der Waals surface area contributed by atoms with Crippen LogP contribution in [0.25, 0.3) is 0 Å². The summed E-state index contributed by atoms with van der Waals surface area (Å²) in [5.74, 6) is 0.650. The predicted molar refractivity (Wildman–Crippen MR) is 108 cm³/mol. The Kier molecular flexibility index (Phi) is 5.91. The minimum atomic E-state index is -0.334. The first-order chi connectivity index (χ1) is 13.6. The van der Waals surface area contributed by atoms with Crippen molar-refractivity contribution >= 4 is 23.2 Å². The summed E-state index contributed by atoms with van der Waals surface area (Å²) in [6.07, 6.45) is 0. The molecule has 0 saturated heterocycles. The van der Waals surface area contributed by atoms with E-state index in [1.54, 1.807) is 87.0 Å². The molecule has 3 aromatic rings. The van der Waals surface area contributed by atoms with Crippen molar-refractivity contribution in [3.8, 4) is 11.5 Å². The lowest BCUT2D eigenvalue weighted by Crippen LogP contribution is -2.18. The van der Waals surface area contributed by atoms with Crippen LogP contribution in [0.1, 0.15) is 20.7 Å². The molecule has 142 valence electrons. The average molecular weight is 376 g/mol. The number of rotatable bonds is 6. The third-order valence-electron chi connectivity index (χ3n) is 4.10. The van der Waals surface area contributed by atoms with Gasteiger partial charge >= 0.3 is 0 Å². The van der Waals surface area contributed by atoms with Crippen LogP contribution in [-0.4, -0.2) is 26.0 Å². The molecule has 0 aliphatic rings. The van der Waals surface area contributed by atoms with Crippen LogP contribution in [0.3, 0.4) is 0 Å². The highest BCUT2D eigenvalue weighted by Crippen LogP contribution is 2.21. The van der Waals surface area contributed by atoms with E-state index in [0.29, 0.717) is 34.0 Å². The summed E-state index contributed by atoms with van der Waals surface area (Å²) < 4.78 is 10.3. The summed E-state index contributed by atoms with van der Waals surface area (Å²) in [5, 5.41) is 5.60. The lowest BCUT2D eigenvalue weighted by atomic mass is 10.1. The van der Waals surface area contributed by atoms with Gasteiger partial charge in [0.15, 0.2) is 0 Å². The Bertz CT molecular complexity index is 984. The fourth-order valence-electron chi connectivity index (χ4n) is 2.63. The Balaban J connectivity index is 1.78. The molecular formula is C22H20N2O4. The average Bonchev–Trinajstić information content (AvgIpc) is 2.74. The second-order valence-electron chi connectivity index (χ2n) is 5.91. The first-order valence-corrected chi connectivity index (χ1v) is 8.60. The largest absolute Gasteiger partial charge is 0.497 e. The quantitative estimate of drug-likeness (QED) is 0.676. The van der Waals surface area contributed by atoms with Crippen molar-refractivity contribution in [3.05, 3.63) is 83.9 Å². The highest BCUT2D eigenvalue weighted by molar-refractivity contribution is 6.12. The predicted octanol–water partition coefficient (Wildman–Crippen LogP) is 4.21. The van der Waals surface area contributed by atoms with Crippen molar-refractivity contribution in [2.45, 2.75) is 0 Å². The number of hydrogen-bond donors (Lipinski definition) is 2. The summed E-state index contributed by atoms with van der Waals surface area (Å²) in [5.41, 5.74) is 1.83. The van der Waals surface area contributed by atoms with E-state index in [1.165, 1.54) is 0 Å². The van der Waals surface area contributed by atoms with E-state index in [2.05, 4.69) is 10.6 Å². The molecule has 0 bridgehead atoms. The maximum Gasteiger partial charge on any atom is 0.257 e. The van der Waals surface area contributed by atoms with Crippen molar-refractivity contribution in [3.63, 3.8) is 0 Å². The first kappa shape index (κ1) is 19.0. The van der Waals surface area contributed by atoms with E-state index >= 15 is 0 Å². The third-order valence-corrected chi connectivity index (χ3v) is 4.10. The molecule has 2 amide bonds. The molecule has 6 heteroatoms. The van der Waals surface area contributed by atoms with E-state index in [9.17, 15) is 9.59 Å². The maximum absolute atomic E-state index is 12.7. The van der Waals surface area contributed by atoms with Crippen LogP contribution in [0.5, 0.6) is 11.5 Å². The second-order valence-corrected chi connectivity index (χ2v) is 5.91. The zero-order chi connectivity index (χ0) is 19.9. The monoisotopic (exact) mass is 376 g/mol. The number of hydrogen-bond acceptors (Lipinski definition) is 4. The van der Waals surface area contributed by atoms with Gasteiger partial charge < -0.3 is 20.1 Å². The molecule has 0 unspecified atom stereocenters. The van der Waals surface area contributed by atoms with E-state index < -0.39 is 0 Å². The second kappa shape index (κ2) is 8.73. The third kappa shape index (κ3) is 4.48. The number of carbonyl (C=O) groups is 2. The zero-order valence-electron chi connectivity index (χ0n) is 15.6. The summed E-state index contributed by atoms with van der Waals surface area (Å²) in [6, 6.07) is 20.6. The van der Waals surface area contributed by atoms with Crippen LogP contribution in [0.2, 0.25) is 0 Å². The van der Waals surface area contributed by atoms with Crippen LogP contribution in [0.15, 0.2) is 72.8 Å². The molecule has 0 radical (unpaired) electrons. The van der Waals surface area contributed by atoms with Crippen LogP contribution >= 0.6 is 0 Å². The number of ether oxygens (including phenoxy) is 2. The molecule has 0 aliphatic heterocycles. The Labute approximate surface area is 163 Å². The molecular weight excluding hydrogens is 356 g/mol. The molecule has 0 aliphatic carbocycles. The Hall–Kier alpha value is -3.80. The molecule has 2 N–H and O–H groups in total. The summed E-state index contributed by atoms with van der Waals surface area (Å²) in [7, 11) is 3.12. The van der Waals surface area contributed by atoms with Crippen molar-refractivity contribution < 1.29 is 19.1 Å². The number of amides is 2. The fourth-order valence-corrected chi connectivity index (χ4v) is 2.63. The van der Waals surface area contributed by atoms with Gasteiger partial charge in [-0.1, -0.05) is 18.2 Å². The van der Waals surface area contributed by atoms with Crippen LogP contribution in [0, 0.1) is 0 Å². The molecule has 0 spiro atoms. The number of benzene rings is 3. The van der Waals surface area contributed by atoms with E-state index in [0.717, 1.165) is 0 Å². The molecule has 3 rings (SSSR count). The zero-order valence-corrected chi connectivity index (χ0v) is 15.6. The van der Waals surface area contributed by atoms with Crippen molar-refractivity contribution in [2.75, 3.05) is 24.9 Å². The minimum Gasteiger partial charge on any atom is -0.497 e. The molecule has 0 aromatic heterocycles. The smallest absolute Gasteiger partial charge is 0.257 e. The van der Waals surface area contributed by atoms with Gasteiger partial charge in [-0.2, -0.15) is 0 Å². The van der Waals surface area contributed by atoms with Gasteiger partial charge in [-0.15, -0.1) is 0 Å². The Morgan fingerprint density at radius 1 is 0.714 bits per heavy atom. The molecule has 6 nitrogen and oxygen atoms in total. The van der Waals surface area contributed by atoms with Gasteiger partial charge in [0, 0.05) is 17.3 Å². The van der Waals surface area contributed by atoms with Gasteiger partial charge in [-0.25, -0.2) is 0 Å². The lowest BCUT2D eigenvalue weighted by Gasteiger charge is -2.12. The van der Waals surface area contributed by atoms with Gasteiger partial charge in [0.2, 0.25) is 0 Å². The molecule has 0 atom stereocenters. The van der Waals surface area contributed by atoms with Crippen LogP contribution in [-0.2, 0) is 0 Å². The number of anilines is 2. The molecule has 28 heavy (non-hydrogen) atoms. The highest BCUT2D eigenvalue weighted by Gasteiger charge is 2.14. The molecule has 0 heterocycles. The van der Waals surface area contributed by atoms with Crippen molar-refractivity contribution in [1.82, 2.24) is 0 Å². The number of methoxy groups -OCH3 is 2. The van der Waals surface area contributed by atoms with Crippen LogP contribution < -0.4 is 20.1 Å². The summed E-state index contributed by atoms with van der Waals surface area (Å²) in [4.78, 5) is 25.2. The number of para-hydroxylation sites is 1. The lowest BCUT2D eigenvalue weighted by molar-refractivity contribution is 0.102. The number of nitrogens with one attached hydrogen (secondary N) is 2. The Morgan fingerprint density at radius 2 is 1.43 bits per heavy atom. The summed E-state index contributed by atoms with van der Waals surface area (Å²) in [6.45, 7) is 0. The van der Waals surface area contributed by atoms with E-state index in [4.69, 9.17) is 9.47 Å². The SMILES string of the molecule is COc1ccc(C(=O)Nc2ccccc2C(=O)Nc2cccc(OC)c2)cc1. The first-order valence-electron chi connectivity index (χ1n) is 8.60.